The van der Waals surface area contributed by atoms with Crippen molar-refractivity contribution in [2.45, 2.75) is 43.9 Å². The Balaban J connectivity index is 2.06. The number of hydrogen-bond acceptors (Lipinski definition) is 2. The number of hydrogen-bond donors (Lipinski definition) is 1. The van der Waals surface area contributed by atoms with E-state index >= 15 is 0 Å². The van der Waals surface area contributed by atoms with Crippen LogP contribution in [-0.4, -0.2) is 30.5 Å². The second kappa shape index (κ2) is 8.07. The van der Waals surface area contributed by atoms with E-state index in [1.165, 1.54) is 25.7 Å². The highest BCUT2D eigenvalue weighted by atomic mass is 79.9. The summed E-state index contributed by atoms with van der Waals surface area (Å²) in [6.45, 7) is 3.71. The highest BCUT2D eigenvalue weighted by molar-refractivity contribution is 9.09. The van der Waals surface area contributed by atoms with Crippen LogP contribution in [0.15, 0.2) is 0 Å². The number of halogens is 1. The average molecular weight is 292 g/mol. The zero-order valence-electron chi connectivity index (χ0n) is 10.0. The van der Waals surface area contributed by atoms with Crippen molar-refractivity contribution >= 4 is 21.8 Å². The van der Waals surface area contributed by atoms with Crippen LogP contribution in [0.2, 0.25) is 0 Å². The first-order valence-corrected chi connectivity index (χ1v) is 7.12. The van der Waals surface area contributed by atoms with Crippen LogP contribution in [0.4, 0.5) is 0 Å². The topological polar surface area (TPSA) is 38.3 Å². The monoisotopic (exact) mass is 291 g/mol. The Labute approximate surface area is 106 Å². The fourth-order valence-corrected chi connectivity index (χ4v) is 2.88. The van der Waals surface area contributed by atoms with Crippen molar-refractivity contribution in [2.75, 3.05) is 19.8 Å². The predicted octanol–water partition coefficient (Wildman–Crippen LogP) is 2.48. The number of alkyl halides is 1. The summed E-state index contributed by atoms with van der Waals surface area (Å²) in [7, 11) is 0. The van der Waals surface area contributed by atoms with E-state index in [0.717, 1.165) is 13.0 Å². The van der Waals surface area contributed by atoms with Crippen LogP contribution in [0.25, 0.3) is 0 Å². The number of carbonyl (C=O) groups is 1. The molecule has 16 heavy (non-hydrogen) atoms. The Morgan fingerprint density at radius 3 is 3.00 bits per heavy atom. The van der Waals surface area contributed by atoms with Gasteiger partial charge in [-0.3, -0.25) is 4.79 Å². The molecule has 1 saturated carbocycles. The van der Waals surface area contributed by atoms with Crippen LogP contribution in [0.3, 0.4) is 0 Å². The maximum atomic E-state index is 11.4. The van der Waals surface area contributed by atoms with Crippen molar-refractivity contribution in [1.29, 1.82) is 0 Å². The van der Waals surface area contributed by atoms with Gasteiger partial charge >= 0.3 is 0 Å². The molecule has 2 atom stereocenters. The molecular formula is C12H22BrNO2. The van der Waals surface area contributed by atoms with Gasteiger partial charge < -0.3 is 10.1 Å². The summed E-state index contributed by atoms with van der Waals surface area (Å²) < 4.78 is 5.18. The SMILES string of the molecule is CCCOCC(=O)NCC1CCCC(Br)C1. The predicted molar refractivity (Wildman–Crippen MR) is 68.8 cm³/mol. The Hall–Kier alpha value is -0.0900. The molecule has 0 spiro atoms. The van der Waals surface area contributed by atoms with E-state index in [9.17, 15) is 4.79 Å². The minimum atomic E-state index is 0.0187. The zero-order valence-corrected chi connectivity index (χ0v) is 11.6. The van der Waals surface area contributed by atoms with E-state index < -0.39 is 0 Å². The van der Waals surface area contributed by atoms with Crippen molar-refractivity contribution < 1.29 is 9.53 Å². The maximum Gasteiger partial charge on any atom is 0.246 e. The largest absolute Gasteiger partial charge is 0.372 e. The molecule has 94 valence electrons. The quantitative estimate of drug-likeness (QED) is 0.603. The Kier molecular flexibility index (Phi) is 7.05. The fourth-order valence-electron chi connectivity index (χ4n) is 2.03. The minimum absolute atomic E-state index is 0.0187. The third kappa shape index (κ3) is 5.85. The van der Waals surface area contributed by atoms with Gasteiger partial charge in [0.2, 0.25) is 5.91 Å². The second-order valence-electron chi connectivity index (χ2n) is 4.49. The molecule has 0 aliphatic heterocycles. The molecule has 1 amide bonds. The summed E-state index contributed by atoms with van der Waals surface area (Å²) in [5, 5.41) is 2.95. The third-order valence-corrected chi connectivity index (χ3v) is 3.72. The van der Waals surface area contributed by atoms with Gasteiger partial charge in [-0.2, -0.15) is 0 Å². The number of ether oxygens (including phenoxy) is 1. The third-order valence-electron chi connectivity index (χ3n) is 2.89. The molecule has 1 aliphatic carbocycles. The Morgan fingerprint density at radius 1 is 1.50 bits per heavy atom. The summed E-state index contributed by atoms with van der Waals surface area (Å²) >= 11 is 3.65. The van der Waals surface area contributed by atoms with Gasteiger partial charge in [0.1, 0.15) is 6.61 Å². The molecule has 1 rings (SSSR count). The molecular weight excluding hydrogens is 270 g/mol. The van der Waals surface area contributed by atoms with Gasteiger partial charge in [-0.15, -0.1) is 0 Å². The first kappa shape index (κ1) is 14.0. The molecule has 0 aromatic carbocycles. The highest BCUT2D eigenvalue weighted by Crippen LogP contribution is 2.28. The van der Waals surface area contributed by atoms with Gasteiger partial charge in [0.25, 0.3) is 0 Å². The standard InChI is InChI=1S/C12H22BrNO2/c1-2-6-16-9-12(15)14-8-10-4-3-5-11(13)7-10/h10-11H,2-9H2,1H3,(H,14,15). The average Bonchev–Trinajstić information content (AvgIpc) is 2.27. The summed E-state index contributed by atoms with van der Waals surface area (Å²) in [5.74, 6) is 0.651. The van der Waals surface area contributed by atoms with Crippen LogP contribution >= 0.6 is 15.9 Å². The van der Waals surface area contributed by atoms with Crippen molar-refractivity contribution in [3.63, 3.8) is 0 Å². The van der Waals surface area contributed by atoms with Gasteiger partial charge in [0.15, 0.2) is 0 Å². The van der Waals surface area contributed by atoms with Crippen LogP contribution in [-0.2, 0) is 9.53 Å². The van der Waals surface area contributed by atoms with Gasteiger partial charge in [-0.1, -0.05) is 29.3 Å². The van der Waals surface area contributed by atoms with E-state index in [4.69, 9.17) is 4.74 Å². The minimum Gasteiger partial charge on any atom is -0.372 e. The molecule has 1 aliphatic rings. The first-order chi connectivity index (χ1) is 7.72. The van der Waals surface area contributed by atoms with Crippen molar-refractivity contribution in [2.24, 2.45) is 5.92 Å². The van der Waals surface area contributed by atoms with Crippen molar-refractivity contribution in [3.8, 4) is 0 Å². The van der Waals surface area contributed by atoms with Crippen molar-refractivity contribution in [3.05, 3.63) is 0 Å². The van der Waals surface area contributed by atoms with E-state index in [1.807, 2.05) is 6.92 Å². The molecule has 2 unspecified atom stereocenters. The van der Waals surface area contributed by atoms with Gasteiger partial charge in [0, 0.05) is 18.0 Å². The lowest BCUT2D eigenvalue weighted by Crippen LogP contribution is -2.34. The smallest absolute Gasteiger partial charge is 0.246 e. The molecule has 0 aromatic heterocycles. The van der Waals surface area contributed by atoms with Crippen LogP contribution in [0.1, 0.15) is 39.0 Å². The number of rotatable bonds is 6. The lowest BCUT2D eigenvalue weighted by Gasteiger charge is -2.25. The second-order valence-corrected chi connectivity index (χ2v) is 5.78. The van der Waals surface area contributed by atoms with Crippen molar-refractivity contribution in [1.82, 2.24) is 5.32 Å². The van der Waals surface area contributed by atoms with E-state index in [2.05, 4.69) is 21.2 Å². The number of carbonyl (C=O) groups excluding carboxylic acids is 1. The molecule has 0 saturated heterocycles. The molecule has 0 radical (unpaired) electrons. The van der Waals surface area contributed by atoms with Gasteiger partial charge in [-0.25, -0.2) is 0 Å². The summed E-state index contributed by atoms with van der Waals surface area (Å²) in [5.41, 5.74) is 0. The highest BCUT2D eigenvalue weighted by Gasteiger charge is 2.20. The van der Waals surface area contributed by atoms with E-state index in [0.29, 0.717) is 17.4 Å². The Bertz CT molecular complexity index is 211. The summed E-state index contributed by atoms with van der Waals surface area (Å²) in [6, 6.07) is 0. The molecule has 0 bridgehead atoms. The number of nitrogens with one attached hydrogen (secondary N) is 1. The van der Waals surface area contributed by atoms with E-state index in [1.54, 1.807) is 0 Å². The molecule has 1 N–H and O–H groups in total. The summed E-state index contributed by atoms with van der Waals surface area (Å²) in [4.78, 5) is 12.0. The molecule has 1 fully saturated rings. The first-order valence-electron chi connectivity index (χ1n) is 6.21. The molecule has 0 aromatic rings. The van der Waals surface area contributed by atoms with Crippen LogP contribution in [0, 0.1) is 5.92 Å². The Morgan fingerprint density at radius 2 is 2.31 bits per heavy atom. The maximum absolute atomic E-state index is 11.4. The molecule has 4 heteroatoms. The fraction of sp³-hybridized carbons (Fsp3) is 0.917. The number of amides is 1. The van der Waals surface area contributed by atoms with E-state index in [-0.39, 0.29) is 12.5 Å². The zero-order chi connectivity index (χ0) is 11.8. The van der Waals surface area contributed by atoms with Crippen LogP contribution < -0.4 is 5.32 Å². The lowest BCUT2D eigenvalue weighted by molar-refractivity contribution is -0.125. The lowest BCUT2D eigenvalue weighted by atomic mass is 9.89. The summed E-state index contributed by atoms with van der Waals surface area (Å²) in [6.07, 6.45) is 5.91. The normalized spacial score (nSPS) is 25.4. The van der Waals surface area contributed by atoms with Gasteiger partial charge in [0.05, 0.1) is 0 Å². The molecule has 0 heterocycles. The molecule has 3 nitrogen and oxygen atoms in total. The van der Waals surface area contributed by atoms with Crippen LogP contribution in [0.5, 0.6) is 0 Å². The van der Waals surface area contributed by atoms with Gasteiger partial charge in [-0.05, 0) is 31.6 Å².